The van der Waals surface area contributed by atoms with E-state index in [1.165, 1.54) is 0 Å². The molecule has 3 aromatic rings. The first-order valence-corrected chi connectivity index (χ1v) is 9.15. The van der Waals surface area contributed by atoms with Crippen molar-refractivity contribution >= 4 is 11.8 Å². The van der Waals surface area contributed by atoms with E-state index in [2.05, 4.69) is 10.1 Å². The zero-order valence-electron chi connectivity index (χ0n) is 15.5. The Labute approximate surface area is 166 Å². The molecule has 0 atom stereocenters. The third-order valence-electron chi connectivity index (χ3n) is 4.28. The molecule has 1 aliphatic heterocycles. The number of benzene rings is 2. The van der Waals surface area contributed by atoms with Crippen LogP contribution in [-0.2, 0) is 16.1 Å². The van der Waals surface area contributed by atoms with Crippen LogP contribution in [0.2, 0.25) is 0 Å². The normalized spacial score (nSPS) is 12.4. The molecule has 8 nitrogen and oxygen atoms in total. The van der Waals surface area contributed by atoms with Crippen molar-refractivity contribution in [3.8, 4) is 22.9 Å². The minimum atomic E-state index is -0.518. The number of fused-ring (bicyclic) bond motifs is 1. The van der Waals surface area contributed by atoms with Crippen molar-refractivity contribution in [1.82, 2.24) is 10.1 Å². The first-order chi connectivity index (χ1) is 14.2. The third-order valence-corrected chi connectivity index (χ3v) is 4.28. The summed E-state index contributed by atoms with van der Waals surface area (Å²) in [6.45, 7) is 0.786. The molecule has 0 radical (unpaired) electrons. The summed E-state index contributed by atoms with van der Waals surface area (Å²) in [7, 11) is 0. The van der Waals surface area contributed by atoms with E-state index in [9.17, 15) is 9.59 Å². The molecule has 8 heteroatoms. The maximum absolute atomic E-state index is 12.3. The molecule has 4 rings (SSSR count). The van der Waals surface area contributed by atoms with Gasteiger partial charge in [0.15, 0.2) is 23.9 Å². The highest BCUT2D eigenvalue weighted by Gasteiger charge is 2.17. The Bertz CT molecular complexity index is 1020. The van der Waals surface area contributed by atoms with Crippen LogP contribution in [0, 0.1) is 0 Å². The van der Waals surface area contributed by atoms with Crippen LogP contribution in [-0.4, -0.2) is 35.1 Å². The predicted octanol–water partition coefficient (Wildman–Crippen LogP) is 3.21. The maximum atomic E-state index is 12.3. The van der Waals surface area contributed by atoms with E-state index in [1.807, 2.05) is 30.3 Å². The molecule has 0 saturated carbocycles. The van der Waals surface area contributed by atoms with Gasteiger partial charge in [0.2, 0.25) is 5.82 Å². The van der Waals surface area contributed by atoms with Crippen LogP contribution in [0.15, 0.2) is 53.1 Å². The lowest BCUT2D eigenvalue weighted by Crippen LogP contribution is -2.16. The number of hydrogen-bond acceptors (Lipinski definition) is 8. The molecule has 0 saturated heterocycles. The van der Waals surface area contributed by atoms with E-state index in [0.29, 0.717) is 36.1 Å². The molecule has 2 heterocycles. The lowest BCUT2D eigenvalue weighted by atomic mass is 10.1. The van der Waals surface area contributed by atoms with E-state index in [-0.39, 0.29) is 31.1 Å². The van der Waals surface area contributed by atoms with Crippen LogP contribution >= 0.6 is 0 Å². The molecule has 148 valence electrons. The summed E-state index contributed by atoms with van der Waals surface area (Å²) >= 11 is 0. The van der Waals surface area contributed by atoms with Crippen LogP contribution in [0.3, 0.4) is 0 Å². The number of hydrogen-bond donors (Lipinski definition) is 0. The van der Waals surface area contributed by atoms with Gasteiger partial charge in [-0.25, -0.2) is 0 Å². The van der Waals surface area contributed by atoms with E-state index in [1.54, 1.807) is 18.2 Å². The first-order valence-electron chi connectivity index (χ1n) is 9.15. The van der Waals surface area contributed by atoms with Gasteiger partial charge in [-0.2, -0.15) is 4.98 Å². The lowest BCUT2D eigenvalue weighted by molar-refractivity contribution is -0.145. The van der Waals surface area contributed by atoms with Gasteiger partial charge in [0, 0.05) is 17.5 Å². The van der Waals surface area contributed by atoms with Crippen molar-refractivity contribution < 1.29 is 28.3 Å². The summed E-state index contributed by atoms with van der Waals surface area (Å²) in [6, 6.07) is 14.3. The highest BCUT2D eigenvalue weighted by atomic mass is 16.6. The molecule has 0 unspecified atom stereocenters. The molecule has 0 bridgehead atoms. The van der Waals surface area contributed by atoms with Crippen molar-refractivity contribution in [1.29, 1.82) is 0 Å². The van der Waals surface area contributed by atoms with Crippen LogP contribution in [0.25, 0.3) is 11.4 Å². The minimum absolute atomic E-state index is 0.0254. The van der Waals surface area contributed by atoms with Crippen molar-refractivity contribution in [3.63, 3.8) is 0 Å². The van der Waals surface area contributed by atoms with Gasteiger partial charge < -0.3 is 18.7 Å². The van der Waals surface area contributed by atoms with E-state index in [0.717, 1.165) is 5.56 Å². The minimum Gasteiger partial charge on any atom is -0.486 e. The van der Waals surface area contributed by atoms with Gasteiger partial charge in [0.25, 0.3) is 5.89 Å². The average molecular weight is 394 g/mol. The van der Waals surface area contributed by atoms with Crippen LogP contribution in [0.5, 0.6) is 11.5 Å². The number of rotatable bonds is 7. The van der Waals surface area contributed by atoms with Gasteiger partial charge in [-0.1, -0.05) is 35.5 Å². The number of Topliss-reactive ketones (excluding diaryl/α,β-unsaturated/α-hetero) is 1. The Morgan fingerprint density at radius 3 is 2.59 bits per heavy atom. The summed E-state index contributed by atoms with van der Waals surface area (Å²) in [5, 5.41) is 3.86. The molecule has 0 N–H and O–H groups in total. The zero-order valence-corrected chi connectivity index (χ0v) is 15.5. The molecule has 29 heavy (non-hydrogen) atoms. The number of nitrogens with zero attached hydrogens (tertiary/aromatic N) is 2. The fourth-order valence-corrected chi connectivity index (χ4v) is 2.81. The Balaban J connectivity index is 1.26. The molecule has 1 aliphatic rings. The number of ketones is 1. The summed E-state index contributed by atoms with van der Waals surface area (Å²) in [6.07, 6.45) is -0.0233. The SMILES string of the molecule is O=C(CCC(=O)c1ccc2c(c1)OCCO2)OCc1nc(-c2ccccc2)no1. The van der Waals surface area contributed by atoms with Gasteiger partial charge in [0.1, 0.15) is 13.2 Å². The highest BCUT2D eigenvalue weighted by Crippen LogP contribution is 2.31. The third kappa shape index (κ3) is 4.60. The highest BCUT2D eigenvalue weighted by molar-refractivity contribution is 5.98. The summed E-state index contributed by atoms with van der Waals surface area (Å²) in [4.78, 5) is 28.5. The number of ether oxygens (including phenoxy) is 3. The summed E-state index contributed by atoms with van der Waals surface area (Å²) < 4.78 is 21.1. The molecule has 0 amide bonds. The molecule has 0 fully saturated rings. The number of esters is 1. The van der Waals surface area contributed by atoms with Gasteiger partial charge in [-0.15, -0.1) is 0 Å². The zero-order chi connectivity index (χ0) is 20.1. The van der Waals surface area contributed by atoms with Crippen molar-refractivity contribution in [2.24, 2.45) is 0 Å². The largest absolute Gasteiger partial charge is 0.486 e. The summed E-state index contributed by atoms with van der Waals surface area (Å²) in [5.41, 5.74) is 1.27. The standard InChI is InChI=1S/C21H18N2O6/c24-16(15-6-8-17-18(12-15)27-11-10-26-17)7-9-20(25)28-13-19-22-21(23-29-19)14-4-2-1-3-5-14/h1-6,8,12H,7,9-11,13H2. The van der Waals surface area contributed by atoms with Gasteiger partial charge in [-0.05, 0) is 18.2 Å². The second kappa shape index (κ2) is 8.55. The first kappa shape index (κ1) is 18.7. The smallest absolute Gasteiger partial charge is 0.306 e. The molecule has 0 aliphatic carbocycles. The summed E-state index contributed by atoms with van der Waals surface area (Å²) in [5.74, 6) is 1.07. The molecular weight excluding hydrogens is 376 g/mol. The van der Waals surface area contributed by atoms with Crippen molar-refractivity contribution in [2.75, 3.05) is 13.2 Å². The lowest BCUT2D eigenvalue weighted by Gasteiger charge is -2.18. The maximum Gasteiger partial charge on any atom is 0.306 e. The van der Waals surface area contributed by atoms with Crippen LogP contribution in [0.1, 0.15) is 29.1 Å². The molecular formula is C21H18N2O6. The van der Waals surface area contributed by atoms with E-state index in [4.69, 9.17) is 18.7 Å². The van der Waals surface area contributed by atoms with Crippen LogP contribution < -0.4 is 9.47 Å². The monoisotopic (exact) mass is 394 g/mol. The van der Waals surface area contributed by atoms with Gasteiger partial charge >= 0.3 is 5.97 Å². The van der Waals surface area contributed by atoms with Crippen molar-refractivity contribution in [3.05, 3.63) is 60.0 Å². The fraction of sp³-hybridized carbons (Fsp3) is 0.238. The Hall–Kier alpha value is -3.68. The van der Waals surface area contributed by atoms with Crippen LogP contribution in [0.4, 0.5) is 0 Å². The van der Waals surface area contributed by atoms with Gasteiger partial charge in [-0.3, -0.25) is 9.59 Å². The second-order valence-corrected chi connectivity index (χ2v) is 6.32. The molecule has 1 aromatic heterocycles. The second-order valence-electron chi connectivity index (χ2n) is 6.32. The fourth-order valence-electron chi connectivity index (χ4n) is 2.81. The number of aromatic nitrogens is 2. The van der Waals surface area contributed by atoms with Gasteiger partial charge in [0.05, 0.1) is 6.42 Å². The Kier molecular flexibility index (Phi) is 5.51. The Morgan fingerprint density at radius 1 is 0.966 bits per heavy atom. The number of carbonyl (C=O) groups excluding carboxylic acids is 2. The van der Waals surface area contributed by atoms with E-state index >= 15 is 0 Å². The molecule has 0 spiro atoms. The average Bonchev–Trinajstić information content (AvgIpc) is 3.25. The van der Waals surface area contributed by atoms with Crippen molar-refractivity contribution in [2.45, 2.75) is 19.4 Å². The molecule has 2 aromatic carbocycles. The number of carbonyl (C=O) groups is 2. The topological polar surface area (TPSA) is 101 Å². The Morgan fingerprint density at radius 2 is 1.76 bits per heavy atom. The predicted molar refractivity (Wildman–Crippen MR) is 101 cm³/mol. The van der Waals surface area contributed by atoms with E-state index < -0.39 is 5.97 Å². The quantitative estimate of drug-likeness (QED) is 0.445.